The van der Waals surface area contributed by atoms with E-state index in [0.717, 1.165) is 28.9 Å². The summed E-state index contributed by atoms with van der Waals surface area (Å²) < 4.78 is 5.63. The van der Waals surface area contributed by atoms with Crippen LogP contribution in [0.4, 0.5) is 5.69 Å². The molecule has 0 bridgehead atoms. The van der Waals surface area contributed by atoms with Crippen molar-refractivity contribution in [1.82, 2.24) is 0 Å². The Kier molecular flexibility index (Phi) is 3.60. The Morgan fingerprint density at radius 1 is 1.33 bits per heavy atom. The van der Waals surface area contributed by atoms with Crippen molar-refractivity contribution in [3.63, 3.8) is 0 Å². The van der Waals surface area contributed by atoms with E-state index in [1.54, 1.807) is 12.1 Å². The summed E-state index contributed by atoms with van der Waals surface area (Å²) in [5.41, 5.74) is 9.89. The fourth-order valence-corrected chi connectivity index (χ4v) is 2.92. The van der Waals surface area contributed by atoms with E-state index in [9.17, 15) is 4.79 Å². The van der Waals surface area contributed by atoms with Crippen LogP contribution in [0.3, 0.4) is 0 Å². The first-order valence-electron chi connectivity index (χ1n) is 6.88. The van der Waals surface area contributed by atoms with Gasteiger partial charge in [-0.15, -0.1) is 0 Å². The topological polar surface area (TPSA) is 52.3 Å². The lowest BCUT2D eigenvalue weighted by Gasteiger charge is -2.10. The summed E-state index contributed by atoms with van der Waals surface area (Å²) in [6, 6.07) is 9.19. The molecular formula is C17H16ClNO2. The molecule has 0 amide bonds. The molecule has 1 aliphatic heterocycles. The normalized spacial score (nSPS) is 12.9. The Morgan fingerprint density at radius 2 is 2.14 bits per heavy atom. The highest BCUT2D eigenvalue weighted by molar-refractivity contribution is 6.30. The highest BCUT2D eigenvalue weighted by atomic mass is 35.5. The zero-order chi connectivity index (χ0) is 15.0. The first-order valence-corrected chi connectivity index (χ1v) is 7.26. The van der Waals surface area contributed by atoms with Gasteiger partial charge < -0.3 is 10.5 Å². The maximum atomic E-state index is 12.5. The summed E-state index contributed by atoms with van der Waals surface area (Å²) in [5.74, 6) is 0.787. The number of hydrogen-bond acceptors (Lipinski definition) is 3. The Morgan fingerprint density at radius 3 is 2.95 bits per heavy atom. The second-order valence-electron chi connectivity index (χ2n) is 5.34. The molecule has 0 fully saturated rings. The zero-order valence-electron chi connectivity index (χ0n) is 11.8. The van der Waals surface area contributed by atoms with Gasteiger partial charge in [0.25, 0.3) is 0 Å². The molecular weight excluding hydrogens is 286 g/mol. The number of carbonyl (C=O) groups excluding carboxylic acids is 1. The van der Waals surface area contributed by atoms with Crippen LogP contribution in [0.1, 0.15) is 27.0 Å². The van der Waals surface area contributed by atoms with Gasteiger partial charge in [-0.3, -0.25) is 4.79 Å². The van der Waals surface area contributed by atoms with Crippen molar-refractivity contribution in [3.05, 3.63) is 57.6 Å². The summed E-state index contributed by atoms with van der Waals surface area (Å²) in [6.45, 7) is 2.58. The van der Waals surface area contributed by atoms with Crippen LogP contribution < -0.4 is 10.5 Å². The lowest BCUT2D eigenvalue weighted by molar-refractivity contribution is 0.0993. The number of ether oxygens (including phenoxy) is 1. The Bertz CT molecular complexity index is 725. The van der Waals surface area contributed by atoms with Crippen LogP contribution in [0, 0.1) is 6.92 Å². The van der Waals surface area contributed by atoms with Crippen LogP contribution in [0.5, 0.6) is 5.75 Å². The van der Waals surface area contributed by atoms with E-state index in [2.05, 4.69) is 0 Å². The van der Waals surface area contributed by atoms with Crippen LogP contribution in [-0.4, -0.2) is 12.4 Å². The number of ketones is 1. The van der Waals surface area contributed by atoms with E-state index < -0.39 is 0 Å². The molecule has 108 valence electrons. The third-order valence-corrected chi connectivity index (χ3v) is 3.90. The Labute approximate surface area is 128 Å². The molecule has 0 spiro atoms. The van der Waals surface area contributed by atoms with Gasteiger partial charge in [0.1, 0.15) is 5.75 Å². The van der Waals surface area contributed by atoms with Gasteiger partial charge in [0.05, 0.1) is 6.61 Å². The minimum Gasteiger partial charge on any atom is -0.493 e. The highest BCUT2D eigenvalue weighted by Gasteiger charge is 2.20. The molecule has 1 heterocycles. The second kappa shape index (κ2) is 5.41. The largest absolute Gasteiger partial charge is 0.493 e. The summed E-state index contributed by atoms with van der Waals surface area (Å²) in [7, 11) is 0. The lowest BCUT2D eigenvalue weighted by Crippen LogP contribution is -2.08. The van der Waals surface area contributed by atoms with Crippen molar-refractivity contribution in [2.45, 2.75) is 19.8 Å². The first-order chi connectivity index (χ1) is 10.0. The molecule has 3 rings (SSSR count). The molecule has 0 atom stereocenters. The number of rotatable bonds is 3. The van der Waals surface area contributed by atoms with Crippen molar-refractivity contribution in [3.8, 4) is 5.75 Å². The first kappa shape index (κ1) is 14.0. The monoisotopic (exact) mass is 301 g/mol. The van der Waals surface area contributed by atoms with Crippen LogP contribution in [0.25, 0.3) is 0 Å². The molecule has 4 heteroatoms. The van der Waals surface area contributed by atoms with Gasteiger partial charge in [-0.2, -0.15) is 0 Å². The van der Waals surface area contributed by atoms with E-state index in [1.807, 2.05) is 25.1 Å². The fraction of sp³-hybridized carbons (Fsp3) is 0.235. The summed E-state index contributed by atoms with van der Waals surface area (Å²) in [6.07, 6.45) is 1.08. The molecule has 0 saturated carbocycles. The number of Topliss-reactive ketones (excluding diaryl/α,β-unsaturated/α-hetero) is 1. The number of anilines is 1. The average molecular weight is 302 g/mol. The van der Waals surface area contributed by atoms with Gasteiger partial charge in [-0.1, -0.05) is 23.2 Å². The number of nitrogen functional groups attached to an aromatic ring is 1. The van der Waals surface area contributed by atoms with Gasteiger partial charge in [0, 0.05) is 34.7 Å². The highest BCUT2D eigenvalue weighted by Crippen LogP contribution is 2.33. The lowest BCUT2D eigenvalue weighted by atomic mass is 9.98. The molecule has 3 nitrogen and oxygen atoms in total. The fourth-order valence-electron chi connectivity index (χ4n) is 2.66. The number of aryl methyl sites for hydroxylation is 1. The number of benzene rings is 2. The maximum Gasteiger partial charge on any atom is 0.169 e. The molecule has 0 aliphatic carbocycles. The number of fused-ring (bicyclic) bond motifs is 1. The molecule has 0 unspecified atom stereocenters. The van der Waals surface area contributed by atoms with Crippen LogP contribution in [-0.2, 0) is 12.8 Å². The minimum absolute atomic E-state index is 0.0174. The number of carbonyl (C=O) groups is 1. The third-order valence-electron chi connectivity index (χ3n) is 3.69. The second-order valence-corrected chi connectivity index (χ2v) is 5.78. The Hall–Kier alpha value is -2.00. The van der Waals surface area contributed by atoms with Crippen molar-refractivity contribution in [2.75, 3.05) is 12.3 Å². The van der Waals surface area contributed by atoms with Gasteiger partial charge in [-0.05, 0) is 36.8 Å². The summed E-state index contributed by atoms with van der Waals surface area (Å²) >= 11 is 6.12. The molecule has 0 saturated heterocycles. The van der Waals surface area contributed by atoms with E-state index >= 15 is 0 Å². The molecule has 0 radical (unpaired) electrons. The van der Waals surface area contributed by atoms with E-state index in [-0.39, 0.29) is 12.2 Å². The van der Waals surface area contributed by atoms with Gasteiger partial charge in [0.2, 0.25) is 0 Å². The third kappa shape index (κ3) is 2.74. The summed E-state index contributed by atoms with van der Waals surface area (Å²) in [5, 5.41) is 0.638. The SMILES string of the molecule is Cc1ccc(N)c(C(=O)Cc2cc(Cl)cc3c2OCC3)c1. The van der Waals surface area contributed by atoms with Crippen molar-refractivity contribution < 1.29 is 9.53 Å². The molecule has 21 heavy (non-hydrogen) atoms. The zero-order valence-corrected chi connectivity index (χ0v) is 12.5. The maximum absolute atomic E-state index is 12.5. The number of hydrogen-bond donors (Lipinski definition) is 1. The number of halogens is 1. The van der Waals surface area contributed by atoms with E-state index in [4.69, 9.17) is 22.1 Å². The molecule has 2 aromatic rings. The van der Waals surface area contributed by atoms with Crippen LogP contribution in [0.15, 0.2) is 30.3 Å². The average Bonchev–Trinajstić information content (AvgIpc) is 2.89. The Balaban J connectivity index is 1.94. The van der Waals surface area contributed by atoms with Gasteiger partial charge in [-0.25, -0.2) is 0 Å². The molecule has 0 aromatic heterocycles. The smallest absolute Gasteiger partial charge is 0.169 e. The van der Waals surface area contributed by atoms with E-state index in [0.29, 0.717) is 22.9 Å². The molecule has 1 aliphatic rings. The van der Waals surface area contributed by atoms with Crippen LogP contribution in [0.2, 0.25) is 5.02 Å². The summed E-state index contributed by atoms with van der Waals surface area (Å²) in [4.78, 5) is 12.5. The van der Waals surface area contributed by atoms with E-state index in [1.165, 1.54) is 0 Å². The van der Waals surface area contributed by atoms with Crippen LogP contribution >= 0.6 is 11.6 Å². The van der Waals surface area contributed by atoms with Gasteiger partial charge >= 0.3 is 0 Å². The predicted molar refractivity (Wildman–Crippen MR) is 84.3 cm³/mol. The van der Waals surface area contributed by atoms with Crippen molar-refractivity contribution in [2.24, 2.45) is 0 Å². The quantitative estimate of drug-likeness (QED) is 0.696. The minimum atomic E-state index is -0.0174. The van der Waals surface area contributed by atoms with Gasteiger partial charge in [0.15, 0.2) is 5.78 Å². The van der Waals surface area contributed by atoms with Crippen molar-refractivity contribution >= 4 is 23.1 Å². The molecule has 2 N–H and O–H groups in total. The standard InChI is InChI=1S/C17H16ClNO2/c1-10-2-3-15(19)14(6-10)16(20)9-12-8-13(18)7-11-4-5-21-17(11)12/h2-3,6-8H,4-5,9,19H2,1H3. The van der Waals surface area contributed by atoms with Crippen molar-refractivity contribution in [1.29, 1.82) is 0 Å². The molecule has 2 aromatic carbocycles. The predicted octanol–water partition coefficient (Wildman–Crippen LogP) is 3.59. The number of nitrogens with two attached hydrogens (primary N) is 1.